The predicted molar refractivity (Wildman–Crippen MR) is 116 cm³/mol. The predicted octanol–water partition coefficient (Wildman–Crippen LogP) is 1.64. The molecule has 11 heteroatoms. The van der Waals surface area contributed by atoms with Crippen molar-refractivity contribution in [3.05, 3.63) is 59.1 Å². The van der Waals surface area contributed by atoms with Crippen LogP contribution < -0.4 is 25.1 Å². The molecule has 0 radical (unpaired) electrons. The minimum atomic E-state index is -0.475. The lowest BCUT2D eigenvalue weighted by molar-refractivity contribution is -0.116. The van der Waals surface area contributed by atoms with Gasteiger partial charge >= 0.3 is 0 Å². The third-order valence-corrected chi connectivity index (χ3v) is 4.73. The van der Waals surface area contributed by atoms with E-state index in [4.69, 9.17) is 14.2 Å². The number of aromatic nitrogens is 5. The van der Waals surface area contributed by atoms with Gasteiger partial charge in [0.25, 0.3) is 5.56 Å². The molecular formula is C21H20N6O5. The SMILES string of the molecule is COc1ccc(-n2nnc3c(=O)n(CC(=O)Nc4ccc(OC)c(OC)c4)cnc32)cc1. The fourth-order valence-corrected chi connectivity index (χ4v) is 3.12. The zero-order valence-electron chi connectivity index (χ0n) is 17.6. The van der Waals surface area contributed by atoms with Gasteiger partial charge in [-0.2, -0.15) is 4.68 Å². The Morgan fingerprint density at radius 1 is 1.00 bits per heavy atom. The number of amides is 1. The lowest BCUT2D eigenvalue weighted by Crippen LogP contribution is -2.28. The van der Waals surface area contributed by atoms with Crippen LogP contribution in [-0.2, 0) is 11.3 Å². The first-order chi connectivity index (χ1) is 15.5. The Labute approximate surface area is 182 Å². The summed E-state index contributed by atoms with van der Waals surface area (Å²) < 4.78 is 18.2. The molecular weight excluding hydrogens is 416 g/mol. The smallest absolute Gasteiger partial charge is 0.284 e. The molecule has 4 aromatic rings. The second-order valence-electron chi connectivity index (χ2n) is 6.67. The number of hydrogen-bond acceptors (Lipinski definition) is 8. The Kier molecular flexibility index (Phi) is 5.71. The minimum absolute atomic E-state index is 0.0576. The molecule has 1 amide bonds. The van der Waals surface area contributed by atoms with Crippen molar-refractivity contribution in [3.8, 4) is 22.9 Å². The summed E-state index contributed by atoms with van der Waals surface area (Å²) in [6.45, 7) is -0.245. The molecule has 0 aliphatic heterocycles. The zero-order chi connectivity index (χ0) is 22.7. The number of rotatable bonds is 7. The number of methoxy groups -OCH3 is 3. The van der Waals surface area contributed by atoms with Crippen LogP contribution in [0.15, 0.2) is 53.6 Å². The van der Waals surface area contributed by atoms with Crippen LogP contribution in [-0.4, -0.2) is 51.8 Å². The van der Waals surface area contributed by atoms with Gasteiger partial charge < -0.3 is 19.5 Å². The maximum Gasteiger partial charge on any atom is 0.284 e. The topological polar surface area (TPSA) is 122 Å². The van der Waals surface area contributed by atoms with Crippen molar-refractivity contribution in [3.63, 3.8) is 0 Å². The molecule has 0 fully saturated rings. The molecule has 0 spiro atoms. The quantitative estimate of drug-likeness (QED) is 0.464. The highest BCUT2D eigenvalue weighted by Crippen LogP contribution is 2.29. The van der Waals surface area contributed by atoms with Gasteiger partial charge in [-0.1, -0.05) is 5.21 Å². The number of fused-ring (bicyclic) bond motifs is 1. The van der Waals surface area contributed by atoms with E-state index in [1.165, 1.54) is 29.8 Å². The van der Waals surface area contributed by atoms with Crippen molar-refractivity contribution in [2.24, 2.45) is 0 Å². The van der Waals surface area contributed by atoms with E-state index >= 15 is 0 Å². The molecule has 0 saturated carbocycles. The Bertz CT molecular complexity index is 1330. The largest absolute Gasteiger partial charge is 0.497 e. The highest BCUT2D eigenvalue weighted by Gasteiger charge is 2.15. The lowest BCUT2D eigenvalue weighted by atomic mass is 10.2. The molecule has 1 N–H and O–H groups in total. The minimum Gasteiger partial charge on any atom is -0.497 e. The normalized spacial score (nSPS) is 10.7. The van der Waals surface area contributed by atoms with Crippen LogP contribution in [0.5, 0.6) is 17.2 Å². The Balaban J connectivity index is 1.55. The summed E-state index contributed by atoms with van der Waals surface area (Å²) in [6, 6.07) is 12.1. The summed E-state index contributed by atoms with van der Waals surface area (Å²) in [4.78, 5) is 29.6. The van der Waals surface area contributed by atoms with Crippen LogP contribution in [0.4, 0.5) is 5.69 Å². The number of ether oxygens (including phenoxy) is 3. The van der Waals surface area contributed by atoms with E-state index in [0.29, 0.717) is 28.6 Å². The summed E-state index contributed by atoms with van der Waals surface area (Å²) in [5.74, 6) is 1.29. The van der Waals surface area contributed by atoms with E-state index in [9.17, 15) is 9.59 Å². The Morgan fingerprint density at radius 2 is 1.75 bits per heavy atom. The number of anilines is 1. The van der Waals surface area contributed by atoms with Crippen LogP contribution >= 0.6 is 0 Å². The second-order valence-corrected chi connectivity index (χ2v) is 6.67. The molecule has 0 unspecified atom stereocenters. The number of nitrogens with one attached hydrogen (secondary N) is 1. The first-order valence-corrected chi connectivity index (χ1v) is 9.51. The monoisotopic (exact) mass is 436 g/mol. The molecule has 11 nitrogen and oxygen atoms in total. The lowest BCUT2D eigenvalue weighted by Gasteiger charge is -2.11. The maximum absolute atomic E-state index is 12.8. The number of benzene rings is 2. The molecule has 0 aliphatic rings. The molecule has 4 rings (SSSR count). The third-order valence-electron chi connectivity index (χ3n) is 4.73. The van der Waals surface area contributed by atoms with E-state index < -0.39 is 11.5 Å². The van der Waals surface area contributed by atoms with E-state index in [1.807, 2.05) is 0 Å². The van der Waals surface area contributed by atoms with Gasteiger partial charge in [0.15, 0.2) is 22.7 Å². The number of carbonyl (C=O) groups is 1. The second kappa shape index (κ2) is 8.76. The van der Waals surface area contributed by atoms with E-state index in [2.05, 4.69) is 20.6 Å². The van der Waals surface area contributed by atoms with Gasteiger partial charge in [0.2, 0.25) is 5.91 Å². The molecule has 0 aliphatic carbocycles. The standard InChI is InChI=1S/C21H20N6O5/c1-30-15-7-5-14(6-8-15)27-20-19(24-25-27)21(29)26(12-22-20)11-18(28)23-13-4-9-16(31-2)17(10-13)32-3/h4-10,12H,11H2,1-3H3,(H,23,28). The first-order valence-electron chi connectivity index (χ1n) is 9.51. The molecule has 32 heavy (non-hydrogen) atoms. The van der Waals surface area contributed by atoms with Gasteiger partial charge in [-0.3, -0.25) is 14.2 Å². The first kappa shape index (κ1) is 20.8. The van der Waals surface area contributed by atoms with Crippen LogP contribution in [0, 0.1) is 0 Å². The molecule has 2 aromatic heterocycles. The van der Waals surface area contributed by atoms with Gasteiger partial charge in [0.1, 0.15) is 18.6 Å². The number of hydrogen-bond donors (Lipinski definition) is 1. The van der Waals surface area contributed by atoms with Crippen LogP contribution in [0.1, 0.15) is 0 Å². The van der Waals surface area contributed by atoms with E-state index in [-0.39, 0.29) is 17.7 Å². The summed E-state index contributed by atoms with van der Waals surface area (Å²) in [5.41, 5.74) is 1.04. The molecule has 2 heterocycles. The third kappa shape index (κ3) is 3.95. The van der Waals surface area contributed by atoms with Crippen LogP contribution in [0.25, 0.3) is 16.9 Å². The van der Waals surface area contributed by atoms with Crippen molar-refractivity contribution < 1.29 is 19.0 Å². The number of carbonyl (C=O) groups excluding carboxylic acids is 1. The van der Waals surface area contributed by atoms with Gasteiger partial charge in [-0.25, -0.2) is 4.98 Å². The molecule has 0 atom stereocenters. The maximum atomic E-state index is 12.8. The highest BCUT2D eigenvalue weighted by atomic mass is 16.5. The summed E-state index contributed by atoms with van der Waals surface area (Å²) in [5, 5.41) is 10.7. The highest BCUT2D eigenvalue weighted by molar-refractivity contribution is 5.91. The van der Waals surface area contributed by atoms with Crippen LogP contribution in [0.2, 0.25) is 0 Å². The summed E-state index contributed by atoms with van der Waals surface area (Å²) >= 11 is 0. The molecule has 0 bridgehead atoms. The van der Waals surface area contributed by atoms with Gasteiger partial charge in [0, 0.05) is 11.8 Å². The van der Waals surface area contributed by atoms with Gasteiger partial charge in [0.05, 0.1) is 27.0 Å². The van der Waals surface area contributed by atoms with Crippen molar-refractivity contribution in [2.75, 3.05) is 26.6 Å². The summed E-state index contributed by atoms with van der Waals surface area (Å²) in [7, 11) is 4.60. The number of nitrogens with zero attached hydrogens (tertiary/aromatic N) is 5. The average molecular weight is 436 g/mol. The molecule has 2 aromatic carbocycles. The summed E-state index contributed by atoms with van der Waals surface area (Å²) in [6.07, 6.45) is 1.29. The fraction of sp³-hybridized carbons (Fsp3) is 0.190. The van der Waals surface area contributed by atoms with Crippen molar-refractivity contribution in [1.29, 1.82) is 0 Å². The molecule has 164 valence electrons. The molecule has 0 saturated heterocycles. The van der Waals surface area contributed by atoms with Crippen molar-refractivity contribution in [1.82, 2.24) is 24.5 Å². The van der Waals surface area contributed by atoms with E-state index in [1.54, 1.807) is 49.6 Å². The van der Waals surface area contributed by atoms with Crippen molar-refractivity contribution >= 4 is 22.8 Å². The van der Waals surface area contributed by atoms with Gasteiger partial charge in [-0.05, 0) is 36.4 Å². The Hall–Kier alpha value is -4.41. The average Bonchev–Trinajstić information content (AvgIpc) is 3.25. The van der Waals surface area contributed by atoms with Gasteiger partial charge in [-0.15, -0.1) is 5.10 Å². The Morgan fingerprint density at radius 3 is 2.44 bits per heavy atom. The van der Waals surface area contributed by atoms with Crippen LogP contribution in [0.3, 0.4) is 0 Å². The zero-order valence-corrected chi connectivity index (χ0v) is 17.6. The van der Waals surface area contributed by atoms with E-state index in [0.717, 1.165) is 0 Å². The van der Waals surface area contributed by atoms with Crippen molar-refractivity contribution in [2.45, 2.75) is 6.54 Å². The fourth-order valence-electron chi connectivity index (χ4n) is 3.12.